The predicted molar refractivity (Wildman–Crippen MR) is 70.6 cm³/mol. The molecule has 0 saturated carbocycles. The van der Waals surface area contributed by atoms with Crippen molar-refractivity contribution < 1.29 is 10.2 Å². The molecule has 18 heavy (non-hydrogen) atoms. The number of aliphatic hydroxyl groups is 2. The lowest BCUT2D eigenvalue weighted by atomic mass is 10.1. The van der Waals surface area contributed by atoms with Crippen LogP contribution in [-0.2, 0) is 0 Å². The summed E-state index contributed by atoms with van der Waals surface area (Å²) in [5.41, 5.74) is 0.883. The van der Waals surface area contributed by atoms with Crippen molar-refractivity contribution in [1.29, 1.82) is 0 Å². The summed E-state index contributed by atoms with van der Waals surface area (Å²) in [6.07, 6.45) is 1.27. The van der Waals surface area contributed by atoms with Gasteiger partial charge in [-0.2, -0.15) is 0 Å². The number of aliphatic hydroxyl groups excluding tert-OH is 2. The molecular formula is C13H21N3O2. The Balaban J connectivity index is 2.05. The number of hydrogen-bond donors (Lipinski definition) is 2. The minimum absolute atomic E-state index is 0.211. The Morgan fingerprint density at radius 3 is 2.67 bits per heavy atom. The van der Waals surface area contributed by atoms with E-state index in [0.29, 0.717) is 0 Å². The first-order valence-corrected chi connectivity index (χ1v) is 6.43. The number of piperazine rings is 1. The van der Waals surface area contributed by atoms with Crippen molar-refractivity contribution in [1.82, 2.24) is 9.88 Å². The van der Waals surface area contributed by atoms with Crippen molar-refractivity contribution in [3.8, 4) is 0 Å². The fourth-order valence-corrected chi connectivity index (χ4v) is 2.32. The lowest BCUT2D eigenvalue weighted by Gasteiger charge is -2.36. The first-order chi connectivity index (χ1) is 8.72. The van der Waals surface area contributed by atoms with E-state index in [-0.39, 0.29) is 6.61 Å². The van der Waals surface area contributed by atoms with E-state index in [4.69, 9.17) is 5.11 Å². The third-order valence-corrected chi connectivity index (χ3v) is 3.36. The Bertz CT molecular complexity index is 376. The van der Waals surface area contributed by atoms with E-state index in [2.05, 4.69) is 14.8 Å². The summed E-state index contributed by atoms with van der Waals surface area (Å²) in [4.78, 5) is 8.83. The molecule has 1 aromatic heterocycles. The smallest absolute Gasteiger partial charge is 0.134 e. The Morgan fingerprint density at radius 1 is 1.33 bits per heavy atom. The molecule has 100 valence electrons. The van der Waals surface area contributed by atoms with Gasteiger partial charge in [-0.15, -0.1) is 0 Å². The summed E-state index contributed by atoms with van der Waals surface area (Å²) in [5.74, 6) is 0.885. The quantitative estimate of drug-likeness (QED) is 0.803. The highest BCUT2D eigenvalue weighted by Crippen LogP contribution is 2.24. The van der Waals surface area contributed by atoms with E-state index in [1.54, 1.807) is 13.1 Å². The van der Waals surface area contributed by atoms with Gasteiger partial charge >= 0.3 is 0 Å². The molecule has 1 fully saturated rings. The molecule has 0 radical (unpaired) electrons. The van der Waals surface area contributed by atoms with E-state index in [0.717, 1.165) is 44.1 Å². The number of pyridine rings is 1. The maximum absolute atomic E-state index is 9.76. The van der Waals surface area contributed by atoms with E-state index in [1.165, 1.54) is 0 Å². The van der Waals surface area contributed by atoms with Gasteiger partial charge in [-0.3, -0.25) is 4.90 Å². The van der Waals surface area contributed by atoms with E-state index in [9.17, 15) is 5.11 Å². The second-order valence-corrected chi connectivity index (χ2v) is 4.64. The number of hydrogen-bond acceptors (Lipinski definition) is 5. The van der Waals surface area contributed by atoms with Crippen molar-refractivity contribution >= 4 is 5.82 Å². The van der Waals surface area contributed by atoms with Gasteiger partial charge in [0.1, 0.15) is 5.82 Å². The van der Waals surface area contributed by atoms with Crippen molar-refractivity contribution in [3.05, 3.63) is 23.9 Å². The highest BCUT2D eigenvalue weighted by molar-refractivity contribution is 5.48. The topological polar surface area (TPSA) is 59.8 Å². The molecule has 0 spiro atoms. The van der Waals surface area contributed by atoms with Crippen LogP contribution in [-0.4, -0.2) is 59.4 Å². The van der Waals surface area contributed by atoms with Crippen LogP contribution in [0.25, 0.3) is 0 Å². The zero-order valence-corrected chi connectivity index (χ0v) is 10.8. The van der Waals surface area contributed by atoms with Crippen LogP contribution in [0.2, 0.25) is 0 Å². The summed E-state index contributed by atoms with van der Waals surface area (Å²) >= 11 is 0. The fraction of sp³-hybridized carbons (Fsp3) is 0.615. The Labute approximate surface area is 108 Å². The maximum atomic E-state index is 9.76. The van der Waals surface area contributed by atoms with E-state index in [1.807, 2.05) is 12.1 Å². The van der Waals surface area contributed by atoms with Gasteiger partial charge in [0, 0.05) is 44.5 Å². The maximum Gasteiger partial charge on any atom is 0.134 e. The minimum atomic E-state index is -0.496. The molecule has 2 heterocycles. The van der Waals surface area contributed by atoms with Crippen molar-refractivity contribution in [3.63, 3.8) is 0 Å². The standard InChI is InChI=1S/C13H21N3O2/c1-11(18)12-3-2-4-14-13(12)16-7-5-15(6-8-16)9-10-17/h2-4,11,17-18H,5-10H2,1H3. The number of anilines is 1. The van der Waals surface area contributed by atoms with Crippen molar-refractivity contribution in [2.24, 2.45) is 0 Å². The second kappa shape index (κ2) is 6.13. The van der Waals surface area contributed by atoms with Gasteiger partial charge in [-0.05, 0) is 13.0 Å². The Kier molecular flexibility index (Phi) is 4.52. The highest BCUT2D eigenvalue weighted by atomic mass is 16.3. The van der Waals surface area contributed by atoms with Crippen LogP contribution < -0.4 is 4.90 Å². The molecule has 0 amide bonds. The average molecular weight is 251 g/mol. The van der Waals surface area contributed by atoms with Crippen LogP contribution in [0.1, 0.15) is 18.6 Å². The van der Waals surface area contributed by atoms with Gasteiger partial charge in [-0.25, -0.2) is 4.98 Å². The van der Waals surface area contributed by atoms with Gasteiger partial charge in [0.2, 0.25) is 0 Å². The van der Waals surface area contributed by atoms with Crippen LogP contribution in [0.3, 0.4) is 0 Å². The Morgan fingerprint density at radius 2 is 2.06 bits per heavy atom. The molecular weight excluding hydrogens is 230 g/mol. The second-order valence-electron chi connectivity index (χ2n) is 4.64. The first kappa shape index (κ1) is 13.3. The Hall–Kier alpha value is -1.17. The third-order valence-electron chi connectivity index (χ3n) is 3.36. The van der Waals surface area contributed by atoms with E-state index < -0.39 is 6.10 Å². The SMILES string of the molecule is CC(O)c1cccnc1N1CCN(CCO)CC1. The van der Waals surface area contributed by atoms with Crippen LogP contribution in [0.5, 0.6) is 0 Å². The summed E-state index contributed by atoms with van der Waals surface area (Å²) in [5, 5.41) is 18.7. The fourth-order valence-electron chi connectivity index (χ4n) is 2.32. The molecule has 0 bridgehead atoms. The summed E-state index contributed by atoms with van der Waals surface area (Å²) in [6, 6.07) is 3.78. The van der Waals surface area contributed by atoms with Crippen molar-refractivity contribution in [2.75, 3.05) is 44.2 Å². The van der Waals surface area contributed by atoms with Gasteiger partial charge in [0.05, 0.1) is 12.7 Å². The van der Waals surface area contributed by atoms with Gasteiger partial charge in [-0.1, -0.05) is 6.07 Å². The first-order valence-electron chi connectivity index (χ1n) is 6.43. The van der Waals surface area contributed by atoms with Gasteiger partial charge in [0.25, 0.3) is 0 Å². The normalized spacial score (nSPS) is 18.9. The zero-order chi connectivity index (χ0) is 13.0. The lowest BCUT2D eigenvalue weighted by molar-refractivity contribution is 0.186. The average Bonchev–Trinajstić information content (AvgIpc) is 2.40. The molecule has 1 atom stereocenters. The molecule has 0 aliphatic carbocycles. The summed E-state index contributed by atoms with van der Waals surface area (Å²) in [7, 11) is 0. The molecule has 5 heteroatoms. The van der Waals surface area contributed by atoms with Crippen LogP contribution in [0, 0.1) is 0 Å². The number of aromatic nitrogens is 1. The van der Waals surface area contributed by atoms with Crippen LogP contribution >= 0.6 is 0 Å². The summed E-state index contributed by atoms with van der Waals surface area (Å²) in [6.45, 7) is 6.34. The molecule has 1 aromatic rings. The molecule has 2 rings (SSSR count). The number of nitrogens with zero attached hydrogens (tertiary/aromatic N) is 3. The minimum Gasteiger partial charge on any atom is -0.395 e. The van der Waals surface area contributed by atoms with E-state index >= 15 is 0 Å². The lowest BCUT2D eigenvalue weighted by Crippen LogP contribution is -2.47. The third kappa shape index (κ3) is 2.98. The number of β-amino-alcohol motifs (C(OH)–C–C–N with tert-alkyl or cyclic N) is 1. The molecule has 1 aliphatic rings. The molecule has 2 N–H and O–H groups in total. The largest absolute Gasteiger partial charge is 0.395 e. The highest BCUT2D eigenvalue weighted by Gasteiger charge is 2.20. The molecule has 1 saturated heterocycles. The van der Waals surface area contributed by atoms with Gasteiger partial charge in [0.15, 0.2) is 0 Å². The van der Waals surface area contributed by atoms with Crippen LogP contribution in [0.4, 0.5) is 5.82 Å². The van der Waals surface area contributed by atoms with Gasteiger partial charge < -0.3 is 15.1 Å². The van der Waals surface area contributed by atoms with Crippen LogP contribution in [0.15, 0.2) is 18.3 Å². The summed E-state index contributed by atoms with van der Waals surface area (Å²) < 4.78 is 0. The van der Waals surface area contributed by atoms with Crippen molar-refractivity contribution in [2.45, 2.75) is 13.0 Å². The molecule has 5 nitrogen and oxygen atoms in total. The predicted octanol–water partition coefficient (Wildman–Crippen LogP) is 0.249. The monoisotopic (exact) mass is 251 g/mol. The molecule has 1 aliphatic heterocycles. The zero-order valence-electron chi connectivity index (χ0n) is 10.8. The molecule has 0 aromatic carbocycles. The number of rotatable bonds is 4. The molecule has 1 unspecified atom stereocenters.